The van der Waals surface area contributed by atoms with Gasteiger partial charge in [0.1, 0.15) is 17.8 Å². The molecule has 3 heterocycles. The van der Waals surface area contributed by atoms with Crippen LogP contribution in [0.25, 0.3) is 11.0 Å². The molecule has 9 heteroatoms. The molecule has 0 spiro atoms. The van der Waals surface area contributed by atoms with Crippen molar-refractivity contribution < 1.29 is 22.6 Å². The van der Waals surface area contributed by atoms with Gasteiger partial charge in [-0.25, -0.2) is 0 Å². The molecule has 0 fully saturated rings. The standard InChI is InChI=1S/C20H17F3N4O2/c1-19(2,20(21,22)23)17-6-4-13(9-25-17)28-11-14-10-27-16-5-3-12(8-24)7-15(16)26-18(27)29-14/h3-7,9,14H,10-11H2,1-2H3/t14-/m0/s1. The van der Waals surface area contributed by atoms with Crippen LogP contribution >= 0.6 is 0 Å². The minimum atomic E-state index is -4.39. The molecule has 1 aliphatic rings. The molecule has 0 N–H and O–H groups in total. The Morgan fingerprint density at radius 3 is 2.72 bits per heavy atom. The van der Waals surface area contributed by atoms with Crippen LogP contribution in [0.4, 0.5) is 13.2 Å². The van der Waals surface area contributed by atoms with Gasteiger partial charge in [-0.3, -0.25) is 9.55 Å². The number of nitriles is 1. The van der Waals surface area contributed by atoms with Gasteiger partial charge in [0.05, 0.1) is 41.1 Å². The maximum atomic E-state index is 13.1. The van der Waals surface area contributed by atoms with Crippen LogP contribution in [0, 0.1) is 11.3 Å². The Kier molecular flexibility index (Phi) is 4.37. The largest absolute Gasteiger partial charge is 0.488 e. The molecule has 0 bridgehead atoms. The molecular formula is C20H17F3N4O2. The van der Waals surface area contributed by atoms with Crippen molar-refractivity contribution in [3.8, 4) is 17.8 Å². The smallest absolute Gasteiger partial charge is 0.399 e. The number of fused-ring (bicyclic) bond motifs is 3. The van der Waals surface area contributed by atoms with Crippen molar-refractivity contribution in [3.63, 3.8) is 0 Å². The maximum Gasteiger partial charge on any atom is 0.399 e. The number of rotatable bonds is 4. The fourth-order valence-corrected chi connectivity index (χ4v) is 3.09. The summed E-state index contributed by atoms with van der Waals surface area (Å²) in [5.74, 6) is 0.364. The Morgan fingerprint density at radius 2 is 2.07 bits per heavy atom. The molecule has 1 aromatic carbocycles. The molecule has 6 nitrogen and oxygen atoms in total. The van der Waals surface area contributed by atoms with Crippen LogP contribution in [0.3, 0.4) is 0 Å². The summed E-state index contributed by atoms with van der Waals surface area (Å²) in [4.78, 5) is 8.30. The average Bonchev–Trinajstić information content (AvgIpc) is 3.22. The van der Waals surface area contributed by atoms with Crippen LogP contribution in [0.5, 0.6) is 11.8 Å². The summed E-state index contributed by atoms with van der Waals surface area (Å²) in [7, 11) is 0. The lowest BCUT2D eigenvalue weighted by Crippen LogP contribution is -2.37. The van der Waals surface area contributed by atoms with Crippen LogP contribution < -0.4 is 9.47 Å². The summed E-state index contributed by atoms with van der Waals surface area (Å²) in [6.07, 6.45) is -3.39. The number of halogens is 3. The van der Waals surface area contributed by atoms with Gasteiger partial charge in [-0.2, -0.15) is 23.4 Å². The molecule has 1 aliphatic heterocycles. The topological polar surface area (TPSA) is 73.0 Å². The molecule has 0 unspecified atom stereocenters. The molecule has 29 heavy (non-hydrogen) atoms. The molecule has 0 saturated heterocycles. The second-order valence-corrected chi connectivity index (χ2v) is 7.37. The first-order valence-electron chi connectivity index (χ1n) is 8.92. The lowest BCUT2D eigenvalue weighted by Gasteiger charge is -2.27. The number of nitrogens with zero attached hydrogens (tertiary/aromatic N) is 4. The molecular weight excluding hydrogens is 385 g/mol. The average molecular weight is 402 g/mol. The highest BCUT2D eigenvalue weighted by molar-refractivity contribution is 5.78. The van der Waals surface area contributed by atoms with Gasteiger partial charge in [0.15, 0.2) is 6.10 Å². The minimum absolute atomic E-state index is 0.0715. The predicted octanol–water partition coefficient (Wildman–Crippen LogP) is 3.98. The molecule has 0 saturated carbocycles. The van der Waals surface area contributed by atoms with Gasteiger partial charge in [-0.15, -0.1) is 0 Å². The summed E-state index contributed by atoms with van der Waals surface area (Å²) in [5.41, 5.74) is -0.0362. The van der Waals surface area contributed by atoms with Crippen molar-refractivity contribution in [2.45, 2.75) is 38.1 Å². The van der Waals surface area contributed by atoms with E-state index < -0.39 is 11.6 Å². The highest BCUT2D eigenvalue weighted by Gasteiger charge is 2.49. The van der Waals surface area contributed by atoms with Crippen LogP contribution in [-0.4, -0.2) is 33.4 Å². The van der Waals surface area contributed by atoms with Gasteiger partial charge in [0.2, 0.25) is 0 Å². The van der Waals surface area contributed by atoms with Gasteiger partial charge in [-0.05, 0) is 44.2 Å². The highest BCUT2D eigenvalue weighted by Crippen LogP contribution is 2.39. The van der Waals surface area contributed by atoms with Crippen LogP contribution in [0.15, 0.2) is 36.5 Å². The van der Waals surface area contributed by atoms with E-state index in [1.54, 1.807) is 12.1 Å². The second-order valence-electron chi connectivity index (χ2n) is 7.37. The fourth-order valence-electron chi connectivity index (χ4n) is 3.09. The van der Waals surface area contributed by atoms with E-state index in [2.05, 4.69) is 16.0 Å². The first-order valence-corrected chi connectivity index (χ1v) is 8.92. The molecule has 2 aromatic heterocycles. The van der Waals surface area contributed by atoms with Crippen molar-refractivity contribution in [2.24, 2.45) is 0 Å². The quantitative estimate of drug-likeness (QED) is 0.660. The number of pyridine rings is 1. The summed E-state index contributed by atoms with van der Waals surface area (Å²) in [6.45, 7) is 2.90. The molecule has 0 amide bonds. The van der Waals surface area contributed by atoms with Crippen molar-refractivity contribution in [1.82, 2.24) is 14.5 Å². The van der Waals surface area contributed by atoms with Gasteiger partial charge in [0.25, 0.3) is 6.01 Å². The summed E-state index contributed by atoms with van der Waals surface area (Å²) >= 11 is 0. The minimum Gasteiger partial charge on any atom is -0.488 e. The number of alkyl halides is 3. The van der Waals surface area contributed by atoms with Crippen LogP contribution in [0.1, 0.15) is 25.1 Å². The summed E-state index contributed by atoms with van der Waals surface area (Å²) in [5, 5.41) is 8.97. The van der Waals surface area contributed by atoms with E-state index >= 15 is 0 Å². The molecule has 4 rings (SSSR count). The third kappa shape index (κ3) is 3.35. The predicted molar refractivity (Wildman–Crippen MR) is 97.7 cm³/mol. The van der Waals surface area contributed by atoms with E-state index in [-0.39, 0.29) is 18.4 Å². The molecule has 3 aromatic rings. The van der Waals surface area contributed by atoms with Crippen LogP contribution in [0.2, 0.25) is 0 Å². The zero-order valence-corrected chi connectivity index (χ0v) is 15.7. The molecule has 0 aliphatic carbocycles. The number of aromatic nitrogens is 3. The van der Waals surface area contributed by atoms with Gasteiger partial charge in [0, 0.05) is 0 Å². The normalized spacial score (nSPS) is 16.3. The van der Waals surface area contributed by atoms with Crippen molar-refractivity contribution in [1.29, 1.82) is 5.26 Å². The van der Waals surface area contributed by atoms with E-state index in [1.807, 2.05) is 10.6 Å². The monoisotopic (exact) mass is 402 g/mol. The van der Waals surface area contributed by atoms with Crippen molar-refractivity contribution in [2.75, 3.05) is 6.61 Å². The van der Waals surface area contributed by atoms with Crippen molar-refractivity contribution >= 4 is 11.0 Å². The van der Waals surface area contributed by atoms with E-state index in [0.29, 0.717) is 29.4 Å². The Morgan fingerprint density at radius 1 is 1.28 bits per heavy atom. The molecule has 150 valence electrons. The van der Waals surface area contributed by atoms with E-state index in [0.717, 1.165) is 19.4 Å². The third-order valence-electron chi connectivity index (χ3n) is 5.02. The maximum absolute atomic E-state index is 13.1. The number of benzene rings is 1. The number of ether oxygens (including phenoxy) is 2. The Labute approximate surface area is 164 Å². The van der Waals surface area contributed by atoms with E-state index in [4.69, 9.17) is 14.7 Å². The summed E-state index contributed by atoms with van der Waals surface area (Å²) in [6, 6.07) is 10.6. The lowest BCUT2D eigenvalue weighted by molar-refractivity contribution is -0.181. The van der Waals surface area contributed by atoms with Gasteiger partial charge >= 0.3 is 6.18 Å². The third-order valence-corrected chi connectivity index (χ3v) is 5.02. The highest BCUT2D eigenvalue weighted by atomic mass is 19.4. The first kappa shape index (κ1) is 19.1. The second kappa shape index (κ2) is 6.65. The Bertz CT molecular complexity index is 1100. The lowest BCUT2D eigenvalue weighted by atomic mass is 9.88. The van der Waals surface area contributed by atoms with Crippen LogP contribution in [-0.2, 0) is 12.0 Å². The zero-order chi connectivity index (χ0) is 20.8. The summed E-state index contributed by atoms with van der Waals surface area (Å²) < 4.78 is 52.7. The van der Waals surface area contributed by atoms with Gasteiger partial charge < -0.3 is 9.47 Å². The van der Waals surface area contributed by atoms with E-state index in [1.165, 1.54) is 18.3 Å². The zero-order valence-electron chi connectivity index (χ0n) is 15.7. The Hall–Kier alpha value is -3.28. The van der Waals surface area contributed by atoms with E-state index in [9.17, 15) is 13.2 Å². The Balaban J connectivity index is 1.40. The SMILES string of the molecule is CC(C)(c1ccc(OC[C@@H]2Cn3c(nc4cc(C#N)ccc43)O2)cn1)C(F)(F)F. The molecule has 0 radical (unpaired) electrons. The number of hydrogen-bond donors (Lipinski definition) is 0. The number of hydrogen-bond acceptors (Lipinski definition) is 5. The first-order chi connectivity index (χ1) is 13.7. The fraction of sp³-hybridized carbons (Fsp3) is 0.350. The number of imidazole rings is 1. The molecule has 1 atom stereocenters. The van der Waals surface area contributed by atoms with Crippen molar-refractivity contribution in [3.05, 3.63) is 47.8 Å². The van der Waals surface area contributed by atoms with Gasteiger partial charge in [-0.1, -0.05) is 0 Å².